The normalized spacial score (nSPS) is 15.8. The summed E-state index contributed by atoms with van der Waals surface area (Å²) in [7, 11) is 1.27. The van der Waals surface area contributed by atoms with Gasteiger partial charge in [0.05, 0.1) is 41.6 Å². The molecule has 4 rings (SSSR count). The zero-order valence-corrected chi connectivity index (χ0v) is 23.9. The van der Waals surface area contributed by atoms with Gasteiger partial charge in [-0.05, 0) is 55.8 Å². The number of hydrazone groups is 1. The van der Waals surface area contributed by atoms with Crippen LogP contribution in [-0.4, -0.2) is 49.9 Å². The fraction of sp³-hybridized carbons (Fsp3) is 0.250. The second kappa shape index (κ2) is 13.4. The van der Waals surface area contributed by atoms with Crippen molar-refractivity contribution in [2.24, 2.45) is 5.10 Å². The van der Waals surface area contributed by atoms with Crippen LogP contribution in [-0.2, 0) is 9.53 Å². The van der Waals surface area contributed by atoms with Crippen LogP contribution in [0.1, 0.15) is 31.2 Å². The Labute approximate surface area is 246 Å². The van der Waals surface area contributed by atoms with Gasteiger partial charge in [-0.2, -0.15) is 5.10 Å². The predicted octanol–water partition coefficient (Wildman–Crippen LogP) is 4.77. The number of nitrogens with one attached hydrogen (secondary N) is 3. The lowest BCUT2D eigenvalue weighted by Gasteiger charge is -2.28. The number of carbonyl (C=O) groups is 2. The molecule has 11 nitrogen and oxygen atoms in total. The number of amides is 2. The fourth-order valence-corrected chi connectivity index (χ4v) is 4.46. The van der Waals surface area contributed by atoms with Crippen molar-refractivity contribution in [3.63, 3.8) is 0 Å². The van der Waals surface area contributed by atoms with Crippen LogP contribution in [0.5, 0.6) is 11.5 Å². The van der Waals surface area contributed by atoms with Gasteiger partial charge in [0.15, 0.2) is 17.7 Å². The van der Waals surface area contributed by atoms with Gasteiger partial charge >= 0.3 is 12.0 Å². The third kappa shape index (κ3) is 7.12. The Kier molecular flexibility index (Phi) is 9.77. The van der Waals surface area contributed by atoms with E-state index in [-0.39, 0.29) is 12.2 Å². The number of urea groups is 1. The van der Waals surface area contributed by atoms with E-state index in [1.54, 1.807) is 62.4 Å². The Morgan fingerprint density at radius 3 is 2.76 bits per heavy atom. The lowest BCUT2D eigenvalue weighted by molar-refractivity contribution is -0.136. The second-order valence-corrected chi connectivity index (χ2v) is 9.50. The number of allylic oxidation sites excluding steroid dienone is 1. The summed E-state index contributed by atoms with van der Waals surface area (Å²) >= 11 is 12.3. The first-order valence-electron chi connectivity index (χ1n) is 12.5. The van der Waals surface area contributed by atoms with Crippen LogP contribution in [0.4, 0.5) is 4.79 Å². The van der Waals surface area contributed by atoms with Gasteiger partial charge in [-0.25, -0.2) is 9.59 Å². The van der Waals surface area contributed by atoms with E-state index >= 15 is 0 Å². The predicted molar refractivity (Wildman–Crippen MR) is 153 cm³/mol. The van der Waals surface area contributed by atoms with Crippen molar-refractivity contribution in [1.82, 2.24) is 16.1 Å². The van der Waals surface area contributed by atoms with E-state index in [9.17, 15) is 14.7 Å². The van der Waals surface area contributed by atoms with Crippen molar-refractivity contribution in [1.29, 1.82) is 0 Å². The van der Waals surface area contributed by atoms with Crippen LogP contribution in [0.25, 0.3) is 11.3 Å². The number of hydrogen-bond donors (Lipinski definition) is 4. The summed E-state index contributed by atoms with van der Waals surface area (Å²) in [5.74, 6) is 1.06. The number of nitrogens with zero attached hydrogens (tertiary/aromatic N) is 1. The molecule has 0 bridgehead atoms. The average molecular weight is 603 g/mol. The van der Waals surface area contributed by atoms with Gasteiger partial charge in [0.1, 0.15) is 18.1 Å². The molecule has 0 aliphatic carbocycles. The second-order valence-electron chi connectivity index (χ2n) is 8.72. The molecule has 0 radical (unpaired) electrons. The molecule has 0 unspecified atom stereocenters. The van der Waals surface area contributed by atoms with Gasteiger partial charge < -0.3 is 34.4 Å². The number of furan rings is 1. The molecule has 0 saturated heterocycles. The first-order valence-corrected chi connectivity index (χ1v) is 13.2. The van der Waals surface area contributed by atoms with Crippen LogP contribution in [0, 0.1) is 0 Å². The van der Waals surface area contributed by atoms with E-state index in [1.807, 2.05) is 0 Å². The van der Waals surface area contributed by atoms with Gasteiger partial charge in [-0.1, -0.05) is 35.3 Å². The number of aliphatic hydroxyl groups excluding tert-OH is 1. The third-order valence-electron chi connectivity index (χ3n) is 5.93. The minimum atomic E-state index is -1.17. The first-order chi connectivity index (χ1) is 19.7. The number of ether oxygens (including phenoxy) is 3. The molecule has 41 heavy (non-hydrogen) atoms. The van der Waals surface area contributed by atoms with Gasteiger partial charge in [-0.3, -0.25) is 5.43 Å². The highest BCUT2D eigenvalue weighted by Gasteiger charge is 2.32. The molecule has 4 N–H and O–H groups in total. The Morgan fingerprint density at radius 2 is 2.00 bits per heavy atom. The molecular formula is C28H28Cl2N4O7. The number of methoxy groups -OCH3 is 1. The van der Waals surface area contributed by atoms with E-state index in [0.29, 0.717) is 56.5 Å². The SMILES string of the molecule is CCOc1cc([C@H]2NC(=O)NC(C)=C2C(=O)OC)ccc1OC[C@H](O)N/N=C/c1ccc(-c2cccc(Cl)c2Cl)o1. The third-order valence-corrected chi connectivity index (χ3v) is 6.75. The first kappa shape index (κ1) is 29.8. The van der Waals surface area contributed by atoms with Gasteiger partial charge in [0, 0.05) is 11.3 Å². The summed E-state index contributed by atoms with van der Waals surface area (Å²) in [6.45, 7) is 3.58. The summed E-state index contributed by atoms with van der Waals surface area (Å²) in [4.78, 5) is 24.5. The number of halogens is 2. The molecule has 1 aromatic heterocycles. The molecule has 0 saturated carbocycles. The molecular weight excluding hydrogens is 575 g/mol. The zero-order chi connectivity index (χ0) is 29.5. The summed E-state index contributed by atoms with van der Waals surface area (Å²) in [5.41, 5.74) is 4.43. The minimum Gasteiger partial charge on any atom is -0.490 e. The topological polar surface area (TPSA) is 144 Å². The van der Waals surface area contributed by atoms with Crippen molar-refractivity contribution in [3.8, 4) is 22.8 Å². The van der Waals surface area contributed by atoms with Gasteiger partial charge in [0.25, 0.3) is 0 Å². The molecule has 2 atom stereocenters. The van der Waals surface area contributed by atoms with Gasteiger partial charge in [-0.15, -0.1) is 0 Å². The van der Waals surface area contributed by atoms with Crippen LogP contribution in [0.15, 0.2) is 69.3 Å². The minimum absolute atomic E-state index is 0.172. The van der Waals surface area contributed by atoms with Crippen LogP contribution in [0.3, 0.4) is 0 Å². The Hall–Kier alpha value is -4.19. The molecule has 0 spiro atoms. The summed E-state index contributed by atoms with van der Waals surface area (Å²) in [6.07, 6.45) is 0.227. The summed E-state index contributed by atoms with van der Waals surface area (Å²) in [6, 6.07) is 12.4. The molecule has 3 aromatic rings. The van der Waals surface area contributed by atoms with Crippen molar-refractivity contribution in [2.45, 2.75) is 26.1 Å². The number of carbonyl (C=O) groups excluding carboxylic acids is 2. The highest BCUT2D eigenvalue weighted by atomic mass is 35.5. The molecule has 1 aliphatic heterocycles. The number of esters is 1. The van der Waals surface area contributed by atoms with Crippen LogP contribution < -0.4 is 25.5 Å². The summed E-state index contributed by atoms with van der Waals surface area (Å²) in [5, 5.41) is 20.4. The highest BCUT2D eigenvalue weighted by molar-refractivity contribution is 6.43. The molecule has 0 fully saturated rings. The number of benzene rings is 2. The number of rotatable bonds is 11. The van der Waals surface area contributed by atoms with Crippen molar-refractivity contribution in [2.75, 3.05) is 20.3 Å². The Bertz CT molecular complexity index is 1490. The molecule has 2 heterocycles. The van der Waals surface area contributed by atoms with Crippen molar-refractivity contribution >= 4 is 41.4 Å². The smallest absolute Gasteiger partial charge is 0.337 e. The van der Waals surface area contributed by atoms with E-state index in [2.05, 4.69) is 21.2 Å². The maximum absolute atomic E-state index is 12.4. The maximum atomic E-state index is 12.4. The Morgan fingerprint density at radius 1 is 1.20 bits per heavy atom. The zero-order valence-electron chi connectivity index (χ0n) is 22.4. The molecule has 2 amide bonds. The highest BCUT2D eigenvalue weighted by Crippen LogP contribution is 2.35. The lowest BCUT2D eigenvalue weighted by atomic mass is 9.95. The number of aliphatic hydroxyl groups is 1. The summed E-state index contributed by atoms with van der Waals surface area (Å²) < 4.78 is 22.1. The van der Waals surface area contributed by atoms with Crippen molar-refractivity contribution < 1.29 is 33.3 Å². The lowest BCUT2D eigenvalue weighted by Crippen LogP contribution is -2.45. The molecule has 1 aliphatic rings. The van der Waals surface area contributed by atoms with Crippen LogP contribution in [0.2, 0.25) is 10.0 Å². The maximum Gasteiger partial charge on any atom is 0.337 e. The van der Waals surface area contributed by atoms with E-state index in [1.165, 1.54) is 13.3 Å². The van der Waals surface area contributed by atoms with E-state index in [0.717, 1.165) is 0 Å². The van der Waals surface area contributed by atoms with Crippen molar-refractivity contribution in [3.05, 3.63) is 81.2 Å². The monoisotopic (exact) mass is 602 g/mol. The number of hydrogen-bond acceptors (Lipinski definition) is 9. The molecule has 2 aromatic carbocycles. The standard InChI is InChI=1S/C28H28Cl2N4O7/c1-4-39-22-12-16(26-24(27(36)38-3)15(2)32-28(37)33-26)8-10-21(22)40-14-23(35)34-31-13-17-9-11-20(41-17)18-6-5-7-19(29)25(18)30/h5-13,23,26,34-35H,4,14H2,1-3H3,(H2,32,33,37)/b31-13+/t23-,26+/m0/s1. The fourth-order valence-electron chi connectivity index (χ4n) is 4.07. The van der Waals surface area contributed by atoms with E-state index in [4.69, 9.17) is 41.8 Å². The van der Waals surface area contributed by atoms with Crippen LogP contribution >= 0.6 is 23.2 Å². The molecule has 216 valence electrons. The molecule has 13 heteroatoms. The largest absolute Gasteiger partial charge is 0.490 e. The van der Waals surface area contributed by atoms with Gasteiger partial charge in [0.2, 0.25) is 0 Å². The quantitative estimate of drug-likeness (QED) is 0.106. The van der Waals surface area contributed by atoms with E-state index < -0.39 is 24.3 Å². The average Bonchev–Trinajstić information content (AvgIpc) is 3.41. The Balaban J connectivity index is 1.40.